The van der Waals surface area contributed by atoms with Crippen molar-refractivity contribution in [2.45, 2.75) is 32.0 Å². The molecule has 96 valence electrons. The average molecular weight is 247 g/mol. The monoisotopic (exact) mass is 247 g/mol. The van der Waals surface area contributed by atoms with Crippen molar-refractivity contribution in [3.05, 3.63) is 29.6 Å². The Balaban J connectivity index is 1.68. The first-order valence-electron chi connectivity index (χ1n) is 6.53. The SMILES string of the molecule is O=C(CCc1cnccc1C1OCCO1)C1CC1. The van der Waals surface area contributed by atoms with Crippen molar-refractivity contribution in [2.24, 2.45) is 5.92 Å². The molecule has 1 saturated carbocycles. The number of pyridine rings is 1. The third-order valence-corrected chi connectivity index (χ3v) is 3.49. The Kier molecular flexibility index (Phi) is 3.39. The first kappa shape index (κ1) is 11.8. The van der Waals surface area contributed by atoms with Crippen molar-refractivity contribution in [1.29, 1.82) is 0 Å². The van der Waals surface area contributed by atoms with E-state index in [0.717, 1.165) is 30.4 Å². The van der Waals surface area contributed by atoms with Crippen LogP contribution in [0.4, 0.5) is 0 Å². The molecule has 0 radical (unpaired) electrons. The Bertz CT molecular complexity index is 436. The minimum Gasteiger partial charge on any atom is -0.346 e. The van der Waals surface area contributed by atoms with Crippen molar-refractivity contribution in [1.82, 2.24) is 4.98 Å². The quantitative estimate of drug-likeness (QED) is 0.799. The van der Waals surface area contributed by atoms with Gasteiger partial charge in [0.1, 0.15) is 5.78 Å². The van der Waals surface area contributed by atoms with Crippen LogP contribution in [-0.4, -0.2) is 24.0 Å². The van der Waals surface area contributed by atoms with Gasteiger partial charge in [-0.2, -0.15) is 0 Å². The number of rotatable bonds is 5. The summed E-state index contributed by atoms with van der Waals surface area (Å²) >= 11 is 0. The van der Waals surface area contributed by atoms with Gasteiger partial charge >= 0.3 is 0 Å². The predicted octanol–water partition coefficient (Wildman–Crippen LogP) is 2.04. The summed E-state index contributed by atoms with van der Waals surface area (Å²) in [5, 5.41) is 0. The van der Waals surface area contributed by atoms with Crippen LogP contribution in [0.5, 0.6) is 0 Å². The van der Waals surface area contributed by atoms with E-state index in [4.69, 9.17) is 9.47 Å². The lowest BCUT2D eigenvalue weighted by molar-refractivity contribution is -0.120. The molecule has 1 aromatic heterocycles. The Hall–Kier alpha value is -1.26. The number of ketones is 1. The minimum atomic E-state index is -0.279. The second-order valence-corrected chi connectivity index (χ2v) is 4.89. The highest BCUT2D eigenvalue weighted by atomic mass is 16.7. The predicted molar refractivity (Wildman–Crippen MR) is 64.9 cm³/mol. The van der Waals surface area contributed by atoms with Crippen LogP contribution in [-0.2, 0) is 20.7 Å². The zero-order chi connectivity index (χ0) is 12.4. The van der Waals surface area contributed by atoms with Crippen molar-refractivity contribution in [2.75, 3.05) is 13.2 Å². The molecule has 1 aliphatic heterocycles. The third kappa shape index (κ3) is 2.60. The van der Waals surface area contributed by atoms with Crippen LogP contribution in [0.2, 0.25) is 0 Å². The van der Waals surface area contributed by atoms with Gasteiger partial charge in [-0.25, -0.2) is 0 Å². The van der Waals surface area contributed by atoms with E-state index in [-0.39, 0.29) is 6.29 Å². The molecular formula is C14H17NO3. The normalized spacial score (nSPS) is 20.2. The van der Waals surface area contributed by atoms with Crippen LogP contribution in [0.25, 0.3) is 0 Å². The van der Waals surface area contributed by atoms with Crippen LogP contribution < -0.4 is 0 Å². The van der Waals surface area contributed by atoms with Crippen molar-refractivity contribution in [3.8, 4) is 0 Å². The molecule has 0 amide bonds. The van der Waals surface area contributed by atoms with Gasteiger partial charge in [0.2, 0.25) is 0 Å². The molecule has 0 atom stereocenters. The largest absolute Gasteiger partial charge is 0.346 e. The molecule has 1 aliphatic carbocycles. The van der Waals surface area contributed by atoms with Crippen LogP contribution >= 0.6 is 0 Å². The van der Waals surface area contributed by atoms with E-state index in [9.17, 15) is 4.79 Å². The van der Waals surface area contributed by atoms with Gasteiger partial charge in [0.15, 0.2) is 6.29 Å². The standard InChI is InChI=1S/C14H17NO3/c16-13(10-1-2-10)4-3-11-9-15-6-5-12(11)14-17-7-8-18-14/h5-6,9-10,14H,1-4,7-8H2. The van der Waals surface area contributed by atoms with Gasteiger partial charge in [-0.1, -0.05) is 0 Å². The van der Waals surface area contributed by atoms with Gasteiger partial charge in [0.25, 0.3) is 0 Å². The summed E-state index contributed by atoms with van der Waals surface area (Å²) in [5.41, 5.74) is 2.09. The lowest BCUT2D eigenvalue weighted by atomic mass is 10.0. The summed E-state index contributed by atoms with van der Waals surface area (Å²) < 4.78 is 11.0. The van der Waals surface area contributed by atoms with E-state index in [1.54, 1.807) is 6.20 Å². The number of aromatic nitrogens is 1. The Morgan fingerprint density at radius 2 is 2.11 bits per heavy atom. The van der Waals surface area contributed by atoms with Crippen molar-refractivity contribution in [3.63, 3.8) is 0 Å². The highest BCUT2D eigenvalue weighted by Crippen LogP contribution is 2.32. The second-order valence-electron chi connectivity index (χ2n) is 4.89. The zero-order valence-corrected chi connectivity index (χ0v) is 10.3. The maximum atomic E-state index is 11.7. The highest BCUT2D eigenvalue weighted by molar-refractivity contribution is 5.83. The van der Waals surface area contributed by atoms with Crippen LogP contribution in [0, 0.1) is 5.92 Å². The van der Waals surface area contributed by atoms with E-state index in [1.165, 1.54) is 0 Å². The highest BCUT2D eigenvalue weighted by Gasteiger charge is 2.29. The van der Waals surface area contributed by atoms with Gasteiger partial charge in [0.05, 0.1) is 13.2 Å². The first-order chi connectivity index (χ1) is 8.84. The fourth-order valence-electron chi connectivity index (χ4n) is 2.28. The first-order valence-corrected chi connectivity index (χ1v) is 6.53. The number of ether oxygens (including phenoxy) is 2. The maximum absolute atomic E-state index is 11.7. The number of hydrogen-bond donors (Lipinski definition) is 0. The fraction of sp³-hybridized carbons (Fsp3) is 0.571. The smallest absolute Gasteiger partial charge is 0.184 e. The lowest BCUT2D eigenvalue weighted by Crippen LogP contribution is -2.07. The zero-order valence-electron chi connectivity index (χ0n) is 10.3. The molecule has 0 spiro atoms. The van der Waals surface area contributed by atoms with E-state index in [1.807, 2.05) is 12.3 Å². The van der Waals surface area contributed by atoms with Crippen molar-refractivity contribution < 1.29 is 14.3 Å². The number of carbonyl (C=O) groups excluding carboxylic acids is 1. The van der Waals surface area contributed by atoms with Gasteiger partial charge in [-0.3, -0.25) is 9.78 Å². The molecule has 2 fully saturated rings. The molecule has 4 heteroatoms. The number of Topliss-reactive ketones (excluding diaryl/α,β-unsaturated/α-hetero) is 1. The molecule has 0 N–H and O–H groups in total. The van der Waals surface area contributed by atoms with E-state index >= 15 is 0 Å². The number of aryl methyl sites for hydroxylation is 1. The minimum absolute atomic E-state index is 0.279. The summed E-state index contributed by atoms with van der Waals surface area (Å²) in [6.07, 6.45) is 6.78. The number of carbonyl (C=O) groups is 1. The lowest BCUT2D eigenvalue weighted by Gasteiger charge is -2.13. The third-order valence-electron chi connectivity index (χ3n) is 3.49. The molecule has 3 rings (SSSR count). The Morgan fingerprint density at radius 3 is 2.83 bits per heavy atom. The topological polar surface area (TPSA) is 48.4 Å². The molecule has 0 unspecified atom stereocenters. The molecule has 18 heavy (non-hydrogen) atoms. The van der Waals surface area contributed by atoms with Gasteiger partial charge in [-0.15, -0.1) is 0 Å². The van der Waals surface area contributed by atoms with Gasteiger partial charge in [-0.05, 0) is 30.9 Å². The van der Waals surface area contributed by atoms with Crippen molar-refractivity contribution >= 4 is 5.78 Å². The van der Waals surface area contributed by atoms with Crippen LogP contribution in [0.15, 0.2) is 18.5 Å². The van der Waals surface area contributed by atoms with E-state index in [0.29, 0.717) is 31.3 Å². The van der Waals surface area contributed by atoms with Gasteiger partial charge in [0, 0.05) is 30.3 Å². The molecule has 2 heterocycles. The molecule has 4 nitrogen and oxygen atoms in total. The summed E-state index contributed by atoms with van der Waals surface area (Å²) in [6, 6.07) is 1.92. The maximum Gasteiger partial charge on any atom is 0.184 e. The Morgan fingerprint density at radius 1 is 1.33 bits per heavy atom. The second kappa shape index (κ2) is 5.16. The summed E-state index contributed by atoms with van der Waals surface area (Å²) in [5.74, 6) is 0.724. The number of hydrogen-bond acceptors (Lipinski definition) is 4. The van der Waals surface area contributed by atoms with E-state index in [2.05, 4.69) is 4.98 Å². The van der Waals surface area contributed by atoms with Crippen LogP contribution in [0.3, 0.4) is 0 Å². The molecule has 2 aliphatic rings. The molecule has 1 saturated heterocycles. The summed E-state index contributed by atoms with van der Waals surface area (Å²) in [4.78, 5) is 15.9. The summed E-state index contributed by atoms with van der Waals surface area (Å²) in [6.45, 7) is 1.26. The summed E-state index contributed by atoms with van der Waals surface area (Å²) in [7, 11) is 0. The Labute approximate surface area is 106 Å². The average Bonchev–Trinajstić information content (AvgIpc) is 3.12. The van der Waals surface area contributed by atoms with Gasteiger partial charge < -0.3 is 9.47 Å². The molecule has 0 bridgehead atoms. The fourth-order valence-corrected chi connectivity index (χ4v) is 2.28. The number of nitrogens with zero attached hydrogens (tertiary/aromatic N) is 1. The molecule has 1 aromatic rings. The van der Waals surface area contributed by atoms with E-state index < -0.39 is 0 Å². The molecule has 0 aromatic carbocycles. The molecular weight excluding hydrogens is 230 g/mol. The van der Waals surface area contributed by atoms with Crippen LogP contribution in [0.1, 0.15) is 36.7 Å².